The molecular weight excluding hydrogens is 759 g/mol. The van der Waals surface area contributed by atoms with Crippen LogP contribution in [0.5, 0.6) is 0 Å². The summed E-state index contributed by atoms with van der Waals surface area (Å²) in [4.78, 5) is 5.45. The maximum absolute atomic E-state index is 7.29. The van der Waals surface area contributed by atoms with E-state index in [0.29, 0.717) is 11.8 Å². The third kappa shape index (κ3) is 6.30. The molecule has 2 aliphatic carbocycles. The Morgan fingerprint density at radius 1 is 0.542 bits per heavy atom. The average molecular weight is 794 g/mol. The van der Waals surface area contributed by atoms with Crippen molar-refractivity contribution in [3.63, 3.8) is 0 Å². The van der Waals surface area contributed by atoms with Gasteiger partial charge in [-0.25, -0.2) is 0 Å². The first kappa shape index (κ1) is 32.6. The number of hydrogen-bond acceptors (Lipinski definition) is 2. The summed E-state index contributed by atoms with van der Waals surface area (Å²) in [5, 5.41) is 0. The van der Waals surface area contributed by atoms with Gasteiger partial charge in [0, 0.05) is 0 Å². The first-order chi connectivity index (χ1) is 23.4. The number of rotatable bonds is 9. The van der Waals surface area contributed by atoms with Crippen LogP contribution in [0.3, 0.4) is 0 Å². The molecule has 2 heterocycles. The standard InChI is InChI=1S/C42H35S2Si.2ClH.Zr/c1-27-19-21-41(43-27)37-23-35-31(29-11-5-3-6-12-29)15-9-17-33(35)39(37)25-45-26-40-34-18-10-16-32(30-13-7-4-8-14-30)36(34)24-38(40)42-22-20-28(2)44-42;;;/h3-24,39-40,45H,25-26H2,1-2H3;2*1H;/q;;;+2/p-2. The van der Waals surface area contributed by atoms with Crippen molar-refractivity contribution in [1.29, 1.82) is 0 Å². The van der Waals surface area contributed by atoms with Gasteiger partial charge in [-0.15, -0.1) is 0 Å². The molecule has 2 unspecified atom stereocenters. The molecule has 8 rings (SSSR count). The Labute approximate surface area is 307 Å². The first-order valence-corrected chi connectivity index (χ1v) is 31.0. The summed E-state index contributed by atoms with van der Waals surface area (Å²) in [6.07, 6.45) is 4.97. The third-order valence-corrected chi connectivity index (χ3v) is 33.7. The van der Waals surface area contributed by atoms with Crippen LogP contribution in [0.4, 0.5) is 0 Å². The average Bonchev–Trinajstić information content (AvgIpc) is 3.90. The predicted octanol–water partition coefficient (Wildman–Crippen LogP) is 13.4. The Bertz CT molecular complexity index is 2010. The van der Waals surface area contributed by atoms with E-state index in [1.807, 2.05) is 22.7 Å². The van der Waals surface area contributed by atoms with Crippen LogP contribution >= 0.6 is 39.7 Å². The molecule has 4 aromatic carbocycles. The zero-order valence-corrected chi connectivity index (χ0v) is 33.7. The van der Waals surface area contributed by atoms with Crippen molar-refractivity contribution in [1.82, 2.24) is 0 Å². The summed E-state index contributed by atoms with van der Waals surface area (Å²) >= 11 is 1.18. The number of allylic oxidation sites excluding steroid dienone is 2. The molecule has 2 aliphatic rings. The molecule has 0 amide bonds. The van der Waals surface area contributed by atoms with Gasteiger partial charge in [-0.2, -0.15) is 0 Å². The molecule has 0 radical (unpaired) electrons. The second-order valence-electron chi connectivity index (χ2n) is 12.9. The Morgan fingerprint density at radius 2 is 0.979 bits per heavy atom. The summed E-state index contributed by atoms with van der Waals surface area (Å²) in [6.45, 7) is 4.42. The quantitative estimate of drug-likeness (QED) is 0.128. The summed E-state index contributed by atoms with van der Waals surface area (Å²) < 4.78 is 0. The van der Waals surface area contributed by atoms with Crippen LogP contribution in [0.15, 0.2) is 121 Å². The Balaban J connectivity index is 1.20. The van der Waals surface area contributed by atoms with E-state index in [-0.39, 0.29) is 0 Å². The fraction of sp³-hybridized carbons (Fsp3) is 0.143. The van der Waals surface area contributed by atoms with Crippen molar-refractivity contribution in [2.45, 2.75) is 37.8 Å². The molecule has 48 heavy (non-hydrogen) atoms. The van der Waals surface area contributed by atoms with Gasteiger partial charge < -0.3 is 0 Å². The van der Waals surface area contributed by atoms with Gasteiger partial charge >= 0.3 is 311 Å². The molecule has 2 aromatic heterocycles. The van der Waals surface area contributed by atoms with Crippen LogP contribution in [-0.4, -0.2) is 5.92 Å². The normalized spacial score (nSPS) is 17.1. The van der Waals surface area contributed by atoms with Crippen LogP contribution < -0.4 is 0 Å². The fourth-order valence-electron chi connectivity index (χ4n) is 7.70. The van der Waals surface area contributed by atoms with E-state index in [1.54, 1.807) is 0 Å². The summed E-state index contributed by atoms with van der Waals surface area (Å²) in [5.41, 5.74) is 13.7. The van der Waals surface area contributed by atoms with Gasteiger partial charge in [0.15, 0.2) is 0 Å². The Hall–Kier alpha value is -2.56. The number of hydrogen-bond donors (Lipinski definition) is 0. The van der Waals surface area contributed by atoms with Crippen LogP contribution in [0.2, 0.25) is 12.1 Å². The minimum atomic E-state index is -2.64. The second-order valence-corrected chi connectivity index (χ2v) is 39.0. The molecule has 0 bridgehead atoms. The van der Waals surface area contributed by atoms with Gasteiger partial charge in [0.2, 0.25) is 0 Å². The molecule has 2 atom stereocenters. The number of halogens is 2. The van der Waals surface area contributed by atoms with Crippen molar-refractivity contribution in [3.8, 4) is 22.3 Å². The molecule has 237 valence electrons. The Kier molecular flexibility index (Phi) is 9.51. The van der Waals surface area contributed by atoms with Gasteiger partial charge in [0.1, 0.15) is 0 Å². The van der Waals surface area contributed by atoms with E-state index < -0.39 is 24.4 Å². The van der Waals surface area contributed by atoms with E-state index in [2.05, 4.69) is 147 Å². The molecule has 0 spiro atoms. The van der Waals surface area contributed by atoms with E-state index >= 15 is 0 Å². The van der Waals surface area contributed by atoms with E-state index in [4.69, 9.17) is 17.0 Å². The van der Waals surface area contributed by atoms with E-state index in [1.165, 1.54) is 75.2 Å². The Morgan fingerprint density at radius 3 is 1.35 bits per heavy atom. The van der Waals surface area contributed by atoms with Crippen molar-refractivity contribution < 1.29 is 18.5 Å². The van der Waals surface area contributed by atoms with Crippen molar-refractivity contribution >= 4 is 68.9 Å². The monoisotopic (exact) mass is 791 g/mol. The second kappa shape index (κ2) is 14.0. The van der Waals surface area contributed by atoms with Gasteiger partial charge in [0.05, 0.1) is 0 Å². The molecule has 6 aromatic rings. The third-order valence-electron chi connectivity index (χ3n) is 9.95. The van der Waals surface area contributed by atoms with Crippen molar-refractivity contribution in [3.05, 3.63) is 163 Å². The van der Waals surface area contributed by atoms with Gasteiger partial charge in [-0.05, 0) is 0 Å². The topological polar surface area (TPSA) is 0 Å². The first-order valence-electron chi connectivity index (χ1n) is 16.6. The molecule has 0 saturated carbocycles. The summed E-state index contributed by atoms with van der Waals surface area (Å²) in [6, 6.07) is 46.8. The van der Waals surface area contributed by atoms with Crippen LogP contribution in [0, 0.1) is 13.8 Å². The number of aryl methyl sites for hydroxylation is 2. The molecule has 0 aliphatic heterocycles. The fourth-order valence-corrected chi connectivity index (χ4v) is 24.7. The zero-order valence-electron chi connectivity index (χ0n) is 26.9. The van der Waals surface area contributed by atoms with Gasteiger partial charge in [-0.3, -0.25) is 0 Å². The zero-order chi connectivity index (χ0) is 32.8. The number of thiophene rings is 2. The summed E-state index contributed by atoms with van der Waals surface area (Å²) in [5.74, 6) is -0.927. The minimum absolute atomic E-state index is 0.319. The predicted molar refractivity (Wildman–Crippen MR) is 212 cm³/mol. The van der Waals surface area contributed by atoms with Crippen molar-refractivity contribution in [2.24, 2.45) is 0 Å². The SMILES string of the molecule is Cc1ccc(C2=Cc3c(-c4ccccc4)cccc3C2C[SiH](CC2C(c3ccc(C)s3)=Cc3c(-c4ccccc4)cccc32)[Zr]([Cl])[Cl])s1. The molecule has 0 saturated heterocycles. The van der Waals surface area contributed by atoms with Crippen LogP contribution in [0.1, 0.15) is 53.6 Å². The van der Waals surface area contributed by atoms with Crippen LogP contribution in [-0.2, 0) is 18.5 Å². The van der Waals surface area contributed by atoms with Gasteiger partial charge in [-0.1, -0.05) is 0 Å². The molecular formula is C42H35Cl2S2SiZr. The number of benzene rings is 4. The van der Waals surface area contributed by atoms with Crippen molar-refractivity contribution in [2.75, 3.05) is 0 Å². The van der Waals surface area contributed by atoms with E-state index in [9.17, 15) is 0 Å². The molecule has 0 N–H and O–H groups in total. The number of fused-ring (bicyclic) bond motifs is 2. The summed E-state index contributed by atoms with van der Waals surface area (Å²) in [7, 11) is 14.6. The van der Waals surface area contributed by atoms with E-state index in [0.717, 1.165) is 12.1 Å². The molecule has 0 fully saturated rings. The van der Waals surface area contributed by atoms with Gasteiger partial charge in [0.25, 0.3) is 0 Å². The molecule has 6 heteroatoms. The van der Waals surface area contributed by atoms with Crippen LogP contribution in [0.25, 0.3) is 45.6 Å². The molecule has 0 nitrogen and oxygen atoms in total. The maximum atomic E-state index is 7.29.